The Kier molecular flexibility index (Phi) is 6.56. The molecule has 8 heteroatoms. The highest BCUT2D eigenvalue weighted by molar-refractivity contribution is 5.95. The predicted molar refractivity (Wildman–Crippen MR) is 105 cm³/mol. The number of carbonyl (C=O) groups excluding carboxylic acids is 1. The van der Waals surface area contributed by atoms with Crippen molar-refractivity contribution < 1.29 is 9.53 Å². The van der Waals surface area contributed by atoms with Crippen LogP contribution >= 0.6 is 0 Å². The molecular formula is C19H26N6O2. The molecule has 1 saturated heterocycles. The number of ether oxygens (including phenoxy) is 1. The Labute approximate surface area is 159 Å². The number of amides is 1. The molecule has 1 aromatic carbocycles. The van der Waals surface area contributed by atoms with E-state index >= 15 is 0 Å². The highest BCUT2D eigenvalue weighted by Gasteiger charge is 2.12. The maximum atomic E-state index is 12.4. The van der Waals surface area contributed by atoms with Crippen molar-refractivity contribution in [3.63, 3.8) is 0 Å². The minimum absolute atomic E-state index is 0.0708. The topological polar surface area (TPSA) is 105 Å². The number of hydrogen-bond acceptors (Lipinski definition) is 7. The van der Waals surface area contributed by atoms with Crippen LogP contribution in [-0.4, -0.2) is 60.2 Å². The normalized spacial score (nSPS) is 14.7. The van der Waals surface area contributed by atoms with Gasteiger partial charge in [-0.2, -0.15) is 0 Å². The molecule has 2 heterocycles. The predicted octanol–water partition coefficient (Wildman–Crippen LogP) is 1.04. The number of nitrogen functional groups attached to an aromatic ring is 1. The molecule has 0 radical (unpaired) electrons. The molecule has 1 aliphatic rings. The van der Waals surface area contributed by atoms with Gasteiger partial charge < -0.3 is 21.1 Å². The van der Waals surface area contributed by atoms with Crippen molar-refractivity contribution in [3.05, 3.63) is 47.4 Å². The molecule has 0 atom stereocenters. The van der Waals surface area contributed by atoms with E-state index < -0.39 is 0 Å². The molecule has 144 valence electrons. The first-order valence-corrected chi connectivity index (χ1v) is 9.11. The average Bonchev–Trinajstić information content (AvgIpc) is 2.69. The van der Waals surface area contributed by atoms with Crippen LogP contribution in [0.15, 0.2) is 30.6 Å². The number of rotatable bonds is 7. The van der Waals surface area contributed by atoms with Gasteiger partial charge in [-0.3, -0.25) is 14.7 Å². The number of anilines is 2. The second-order valence-electron chi connectivity index (χ2n) is 6.53. The van der Waals surface area contributed by atoms with Crippen molar-refractivity contribution >= 4 is 17.4 Å². The average molecular weight is 370 g/mol. The van der Waals surface area contributed by atoms with Gasteiger partial charge in [0.2, 0.25) is 0 Å². The Bertz CT molecular complexity index is 759. The Hall–Kier alpha value is -2.71. The van der Waals surface area contributed by atoms with E-state index in [2.05, 4.69) is 25.5 Å². The first kappa shape index (κ1) is 19.1. The summed E-state index contributed by atoms with van der Waals surface area (Å²) in [6.45, 7) is 7.33. The monoisotopic (exact) mass is 370 g/mol. The van der Waals surface area contributed by atoms with Gasteiger partial charge in [-0.25, -0.2) is 4.98 Å². The molecule has 3 rings (SSSR count). The number of nitrogens with zero attached hydrogens (tertiary/aromatic N) is 3. The van der Waals surface area contributed by atoms with E-state index in [4.69, 9.17) is 10.5 Å². The number of benzene rings is 1. The third-order valence-electron chi connectivity index (χ3n) is 4.50. The molecule has 8 nitrogen and oxygen atoms in total. The lowest BCUT2D eigenvalue weighted by atomic mass is 10.1. The lowest BCUT2D eigenvalue weighted by molar-refractivity contribution is 0.0383. The van der Waals surface area contributed by atoms with E-state index in [1.165, 1.54) is 6.20 Å². The van der Waals surface area contributed by atoms with Crippen LogP contribution in [0.3, 0.4) is 0 Å². The lowest BCUT2D eigenvalue weighted by Gasteiger charge is -2.26. The molecule has 1 aliphatic heterocycles. The van der Waals surface area contributed by atoms with Crippen molar-refractivity contribution in [1.29, 1.82) is 0 Å². The summed E-state index contributed by atoms with van der Waals surface area (Å²) >= 11 is 0. The third-order valence-corrected chi connectivity index (χ3v) is 4.50. The summed E-state index contributed by atoms with van der Waals surface area (Å²) in [5, 5.41) is 6.29. The number of hydrogen-bond donors (Lipinski definition) is 3. The fraction of sp³-hybridized carbons (Fsp3) is 0.421. The van der Waals surface area contributed by atoms with Crippen molar-refractivity contribution in [3.8, 4) is 0 Å². The Morgan fingerprint density at radius 3 is 2.81 bits per heavy atom. The second-order valence-corrected chi connectivity index (χ2v) is 6.53. The van der Waals surface area contributed by atoms with Crippen LogP contribution in [0.5, 0.6) is 0 Å². The van der Waals surface area contributed by atoms with Crippen molar-refractivity contribution in [2.75, 3.05) is 50.4 Å². The number of aryl methyl sites for hydroxylation is 1. The summed E-state index contributed by atoms with van der Waals surface area (Å²) in [4.78, 5) is 23.0. The molecule has 4 N–H and O–H groups in total. The molecule has 1 amide bonds. The molecule has 2 aromatic rings. The van der Waals surface area contributed by atoms with Gasteiger partial charge in [-0.1, -0.05) is 6.07 Å². The van der Waals surface area contributed by atoms with Crippen LogP contribution < -0.4 is 16.4 Å². The molecule has 0 bridgehead atoms. The first-order valence-electron chi connectivity index (χ1n) is 9.11. The van der Waals surface area contributed by atoms with Crippen LogP contribution in [0.25, 0.3) is 0 Å². The number of nitrogens with one attached hydrogen (secondary N) is 2. The summed E-state index contributed by atoms with van der Waals surface area (Å²) in [5.74, 6) is 0.323. The highest BCUT2D eigenvalue weighted by Crippen LogP contribution is 2.17. The molecular weight excluding hydrogens is 344 g/mol. The largest absolute Gasteiger partial charge is 0.382 e. The van der Waals surface area contributed by atoms with E-state index in [9.17, 15) is 4.79 Å². The highest BCUT2D eigenvalue weighted by atomic mass is 16.5. The Balaban J connectivity index is 1.53. The third kappa shape index (κ3) is 5.63. The van der Waals surface area contributed by atoms with Gasteiger partial charge in [0, 0.05) is 37.4 Å². The molecule has 0 spiro atoms. The van der Waals surface area contributed by atoms with Gasteiger partial charge in [0.25, 0.3) is 5.91 Å². The molecule has 0 saturated carbocycles. The smallest absolute Gasteiger partial charge is 0.251 e. The minimum atomic E-state index is -0.0708. The van der Waals surface area contributed by atoms with Crippen molar-refractivity contribution in [2.45, 2.75) is 13.5 Å². The summed E-state index contributed by atoms with van der Waals surface area (Å²) in [5.41, 5.74) is 8.92. The van der Waals surface area contributed by atoms with Crippen LogP contribution in [-0.2, 0) is 11.3 Å². The van der Waals surface area contributed by atoms with E-state index in [0.29, 0.717) is 24.5 Å². The van der Waals surface area contributed by atoms with E-state index in [0.717, 1.165) is 49.8 Å². The van der Waals surface area contributed by atoms with Crippen molar-refractivity contribution in [2.24, 2.45) is 0 Å². The van der Waals surface area contributed by atoms with Gasteiger partial charge in [-0.15, -0.1) is 0 Å². The number of aromatic nitrogens is 2. The zero-order valence-corrected chi connectivity index (χ0v) is 15.6. The van der Waals surface area contributed by atoms with Crippen LogP contribution in [0, 0.1) is 6.92 Å². The first-order chi connectivity index (χ1) is 13.1. The standard InChI is InChI=1S/C19H26N6O2/c1-14-2-3-15(19(26)21-4-5-25-6-8-27-9-7-25)10-17(14)23-11-16-12-24-18(20)13-22-16/h2-3,10,12-13,23H,4-9,11H2,1H3,(H2,20,24)(H,21,26). The van der Waals surface area contributed by atoms with E-state index in [1.54, 1.807) is 6.20 Å². The van der Waals surface area contributed by atoms with E-state index in [-0.39, 0.29) is 5.91 Å². The van der Waals surface area contributed by atoms with Gasteiger partial charge in [0.05, 0.1) is 37.8 Å². The fourth-order valence-corrected chi connectivity index (χ4v) is 2.85. The maximum Gasteiger partial charge on any atom is 0.251 e. The molecule has 1 fully saturated rings. The summed E-state index contributed by atoms with van der Waals surface area (Å²) in [7, 11) is 0. The number of morpholine rings is 1. The van der Waals surface area contributed by atoms with E-state index in [1.807, 2.05) is 25.1 Å². The SMILES string of the molecule is Cc1ccc(C(=O)NCCN2CCOCC2)cc1NCc1cnc(N)cn1. The second kappa shape index (κ2) is 9.29. The van der Waals surface area contributed by atoms with Gasteiger partial charge in [0.1, 0.15) is 5.82 Å². The van der Waals surface area contributed by atoms with Crippen molar-refractivity contribution in [1.82, 2.24) is 20.2 Å². The summed E-state index contributed by atoms with van der Waals surface area (Å²) < 4.78 is 5.33. The lowest BCUT2D eigenvalue weighted by Crippen LogP contribution is -2.41. The number of carbonyl (C=O) groups is 1. The van der Waals surface area contributed by atoms with Gasteiger partial charge >= 0.3 is 0 Å². The number of nitrogens with two attached hydrogens (primary N) is 1. The Morgan fingerprint density at radius 2 is 2.07 bits per heavy atom. The molecule has 0 unspecified atom stereocenters. The minimum Gasteiger partial charge on any atom is -0.382 e. The Morgan fingerprint density at radius 1 is 1.26 bits per heavy atom. The molecule has 1 aromatic heterocycles. The van der Waals surface area contributed by atoms with Crippen LogP contribution in [0.1, 0.15) is 21.6 Å². The van der Waals surface area contributed by atoms with Crippen LogP contribution in [0.4, 0.5) is 11.5 Å². The zero-order chi connectivity index (χ0) is 19.1. The van der Waals surface area contributed by atoms with Gasteiger partial charge in [-0.05, 0) is 24.6 Å². The molecule has 0 aliphatic carbocycles. The fourth-order valence-electron chi connectivity index (χ4n) is 2.85. The summed E-state index contributed by atoms with van der Waals surface area (Å²) in [6.07, 6.45) is 3.17. The van der Waals surface area contributed by atoms with Crippen LogP contribution in [0.2, 0.25) is 0 Å². The zero-order valence-electron chi connectivity index (χ0n) is 15.6. The van der Waals surface area contributed by atoms with Gasteiger partial charge in [0.15, 0.2) is 0 Å². The summed E-state index contributed by atoms with van der Waals surface area (Å²) in [6, 6.07) is 5.64. The maximum absolute atomic E-state index is 12.4. The molecule has 27 heavy (non-hydrogen) atoms. The quantitative estimate of drug-likeness (QED) is 0.669.